The molecule has 35 heavy (non-hydrogen) atoms. The second-order valence-electron chi connectivity index (χ2n) is 8.75. The number of aromatic amines is 1. The summed E-state index contributed by atoms with van der Waals surface area (Å²) < 4.78 is 3.43. The zero-order chi connectivity index (χ0) is 24.8. The number of pyridine rings is 1. The first kappa shape index (κ1) is 24.4. The molecule has 0 atom stereocenters. The molecule has 9 nitrogen and oxygen atoms in total. The maximum atomic E-state index is 12.8. The number of nitrogens with one attached hydrogen (secondary N) is 2. The SMILES string of the molecule is CCCCCn1c(CCC(=O)Nc2cccc3cccnc23)nc2c1c(=O)[nH]c(=O)n2CCCC. The summed E-state index contributed by atoms with van der Waals surface area (Å²) in [6.45, 7) is 5.27. The smallest absolute Gasteiger partial charge is 0.324 e. The highest BCUT2D eigenvalue weighted by Gasteiger charge is 2.19. The van der Waals surface area contributed by atoms with Crippen molar-refractivity contribution in [2.24, 2.45) is 0 Å². The molecule has 0 bridgehead atoms. The third kappa shape index (κ3) is 5.34. The summed E-state index contributed by atoms with van der Waals surface area (Å²) in [5.74, 6) is 0.483. The molecule has 0 saturated carbocycles. The maximum Gasteiger partial charge on any atom is 0.330 e. The van der Waals surface area contributed by atoms with E-state index in [4.69, 9.17) is 4.98 Å². The van der Waals surface area contributed by atoms with E-state index in [9.17, 15) is 14.4 Å². The Kier molecular flexibility index (Phi) is 7.74. The molecule has 0 aliphatic carbocycles. The molecule has 1 amide bonds. The van der Waals surface area contributed by atoms with Crippen LogP contribution < -0.4 is 16.6 Å². The molecule has 3 heterocycles. The van der Waals surface area contributed by atoms with Crippen molar-refractivity contribution in [3.63, 3.8) is 0 Å². The first-order chi connectivity index (χ1) is 17.0. The van der Waals surface area contributed by atoms with Crippen LogP contribution in [0.2, 0.25) is 0 Å². The standard InChI is InChI=1S/C26H32N6O3/c1-3-5-7-17-31-20(29-24-23(31)25(34)30-26(35)32(24)16-6-4-2)13-14-21(33)28-19-12-8-10-18-11-9-15-27-22(18)19/h8-12,15H,3-7,13-14,16-17H2,1-2H3,(H,28,33)(H,30,34,35). The van der Waals surface area contributed by atoms with Crippen molar-refractivity contribution in [2.45, 2.75) is 71.9 Å². The second kappa shape index (κ2) is 11.1. The number of nitrogens with zero attached hydrogens (tertiary/aromatic N) is 4. The first-order valence-electron chi connectivity index (χ1n) is 12.4. The highest BCUT2D eigenvalue weighted by atomic mass is 16.2. The summed E-state index contributed by atoms with van der Waals surface area (Å²) in [4.78, 5) is 49.7. The molecule has 0 unspecified atom stereocenters. The zero-order valence-corrected chi connectivity index (χ0v) is 20.3. The van der Waals surface area contributed by atoms with Gasteiger partial charge in [-0.05, 0) is 25.0 Å². The topological polar surface area (TPSA) is 115 Å². The van der Waals surface area contributed by atoms with Crippen LogP contribution in [0, 0.1) is 0 Å². The summed E-state index contributed by atoms with van der Waals surface area (Å²) in [7, 11) is 0. The normalized spacial score (nSPS) is 11.4. The van der Waals surface area contributed by atoms with Crippen molar-refractivity contribution in [3.05, 3.63) is 63.2 Å². The number of H-pyrrole nitrogens is 1. The molecular formula is C26H32N6O3. The monoisotopic (exact) mass is 476 g/mol. The number of rotatable bonds is 11. The summed E-state index contributed by atoms with van der Waals surface area (Å²) in [6, 6.07) is 9.48. The largest absolute Gasteiger partial charge is 0.330 e. The molecule has 0 aliphatic rings. The number of carbonyl (C=O) groups is 1. The number of benzene rings is 1. The Hall–Kier alpha value is -3.75. The Balaban J connectivity index is 1.62. The lowest BCUT2D eigenvalue weighted by molar-refractivity contribution is -0.116. The number of para-hydroxylation sites is 1. The Morgan fingerprint density at radius 2 is 1.77 bits per heavy atom. The van der Waals surface area contributed by atoms with Gasteiger partial charge in [0, 0.05) is 37.5 Å². The van der Waals surface area contributed by atoms with Crippen LogP contribution in [0.25, 0.3) is 22.1 Å². The van der Waals surface area contributed by atoms with Gasteiger partial charge in [-0.1, -0.05) is 51.3 Å². The number of hydrogen-bond acceptors (Lipinski definition) is 5. The van der Waals surface area contributed by atoms with Crippen LogP contribution in [-0.2, 0) is 24.3 Å². The highest BCUT2D eigenvalue weighted by molar-refractivity contribution is 6.00. The van der Waals surface area contributed by atoms with Crippen LogP contribution in [0.3, 0.4) is 0 Å². The van der Waals surface area contributed by atoms with Gasteiger partial charge in [0.25, 0.3) is 5.56 Å². The minimum atomic E-state index is -0.443. The lowest BCUT2D eigenvalue weighted by atomic mass is 10.2. The van der Waals surface area contributed by atoms with Crippen LogP contribution in [0.1, 0.15) is 58.2 Å². The van der Waals surface area contributed by atoms with E-state index in [0.29, 0.717) is 42.2 Å². The lowest BCUT2D eigenvalue weighted by Crippen LogP contribution is -2.31. The van der Waals surface area contributed by atoms with Crippen LogP contribution >= 0.6 is 0 Å². The van der Waals surface area contributed by atoms with E-state index < -0.39 is 11.2 Å². The van der Waals surface area contributed by atoms with Gasteiger partial charge >= 0.3 is 5.69 Å². The zero-order valence-electron chi connectivity index (χ0n) is 20.3. The molecule has 3 aromatic heterocycles. The Labute approximate surface area is 203 Å². The van der Waals surface area contributed by atoms with Crippen LogP contribution in [-0.4, -0.2) is 30.0 Å². The van der Waals surface area contributed by atoms with Crippen molar-refractivity contribution in [3.8, 4) is 0 Å². The Bertz CT molecular complexity index is 1440. The average molecular weight is 477 g/mol. The molecule has 4 rings (SSSR count). The van der Waals surface area contributed by atoms with Crippen molar-refractivity contribution in [1.82, 2.24) is 24.1 Å². The van der Waals surface area contributed by atoms with Gasteiger partial charge in [0.15, 0.2) is 11.2 Å². The number of hydrogen-bond donors (Lipinski definition) is 2. The fourth-order valence-corrected chi connectivity index (χ4v) is 4.34. The van der Waals surface area contributed by atoms with Crippen LogP contribution in [0.5, 0.6) is 0 Å². The quantitative estimate of drug-likeness (QED) is 0.318. The number of aromatic nitrogens is 5. The molecule has 2 N–H and O–H groups in total. The van der Waals surface area contributed by atoms with Gasteiger partial charge in [0.05, 0.1) is 11.2 Å². The van der Waals surface area contributed by atoms with Gasteiger partial charge in [0.1, 0.15) is 5.82 Å². The summed E-state index contributed by atoms with van der Waals surface area (Å²) in [6.07, 6.45) is 6.91. The van der Waals surface area contributed by atoms with Gasteiger partial charge in [-0.15, -0.1) is 0 Å². The number of anilines is 1. The fraction of sp³-hybridized carbons (Fsp3) is 0.423. The van der Waals surface area contributed by atoms with Gasteiger partial charge in [-0.3, -0.25) is 24.1 Å². The van der Waals surface area contributed by atoms with Crippen molar-refractivity contribution >= 4 is 33.7 Å². The van der Waals surface area contributed by atoms with E-state index in [1.54, 1.807) is 10.8 Å². The molecule has 0 spiro atoms. The molecule has 1 aromatic carbocycles. The van der Waals surface area contributed by atoms with Crippen molar-refractivity contribution in [1.29, 1.82) is 0 Å². The molecular weight excluding hydrogens is 444 g/mol. The predicted molar refractivity (Wildman–Crippen MR) is 138 cm³/mol. The summed E-state index contributed by atoms with van der Waals surface area (Å²) >= 11 is 0. The number of amides is 1. The van der Waals surface area contributed by atoms with Crippen LogP contribution in [0.4, 0.5) is 5.69 Å². The number of fused-ring (bicyclic) bond motifs is 2. The fourth-order valence-electron chi connectivity index (χ4n) is 4.34. The van der Waals surface area contributed by atoms with Gasteiger partial charge in [-0.2, -0.15) is 0 Å². The van der Waals surface area contributed by atoms with E-state index in [2.05, 4.69) is 22.2 Å². The van der Waals surface area contributed by atoms with Gasteiger partial charge in [0.2, 0.25) is 5.91 Å². The van der Waals surface area contributed by atoms with Crippen molar-refractivity contribution in [2.75, 3.05) is 5.32 Å². The van der Waals surface area contributed by atoms with E-state index in [-0.39, 0.29) is 12.3 Å². The summed E-state index contributed by atoms with van der Waals surface area (Å²) in [5.41, 5.74) is 1.33. The van der Waals surface area contributed by atoms with Gasteiger partial charge < -0.3 is 9.88 Å². The molecule has 4 aromatic rings. The maximum absolute atomic E-state index is 12.8. The predicted octanol–water partition coefficient (Wildman–Crippen LogP) is 4.00. The van der Waals surface area contributed by atoms with E-state index in [0.717, 1.165) is 43.0 Å². The molecule has 0 fully saturated rings. The Morgan fingerprint density at radius 3 is 2.57 bits per heavy atom. The summed E-state index contributed by atoms with van der Waals surface area (Å²) in [5, 5.41) is 3.91. The van der Waals surface area contributed by atoms with E-state index in [1.807, 2.05) is 41.8 Å². The molecule has 184 valence electrons. The van der Waals surface area contributed by atoms with E-state index in [1.165, 1.54) is 0 Å². The average Bonchev–Trinajstić information content (AvgIpc) is 3.22. The van der Waals surface area contributed by atoms with Gasteiger partial charge in [-0.25, -0.2) is 9.78 Å². The lowest BCUT2D eigenvalue weighted by Gasteiger charge is -2.10. The molecule has 0 aliphatic heterocycles. The number of carbonyl (C=O) groups excluding carboxylic acids is 1. The Morgan fingerprint density at radius 1 is 1.00 bits per heavy atom. The van der Waals surface area contributed by atoms with Crippen molar-refractivity contribution < 1.29 is 4.79 Å². The third-order valence-electron chi connectivity index (χ3n) is 6.17. The number of aryl methyl sites for hydroxylation is 3. The molecule has 9 heteroatoms. The number of imidazole rings is 1. The minimum Gasteiger partial charge on any atom is -0.324 e. The minimum absolute atomic E-state index is 0.160. The molecule has 0 radical (unpaired) electrons. The second-order valence-corrected chi connectivity index (χ2v) is 8.75. The third-order valence-corrected chi connectivity index (χ3v) is 6.17. The van der Waals surface area contributed by atoms with Crippen LogP contribution in [0.15, 0.2) is 46.1 Å². The first-order valence-corrected chi connectivity index (χ1v) is 12.4. The number of unbranched alkanes of at least 4 members (excludes halogenated alkanes) is 3. The van der Waals surface area contributed by atoms with E-state index >= 15 is 0 Å². The highest BCUT2D eigenvalue weighted by Crippen LogP contribution is 2.21. The molecule has 0 saturated heterocycles.